The van der Waals surface area contributed by atoms with Crippen LogP contribution < -0.4 is 10.4 Å². The molecule has 0 aliphatic carbocycles. The maximum atomic E-state index is 4.72. The summed E-state index contributed by atoms with van der Waals surface area (Å²) in [6, 6.07) is 20.6. The predicted molar refractivity (Wildman–Crippen MR) is 109 cm³/mol. The molecule has 0 aliphatic rings. The molecule has 2 rings (SSSR count). The molecule has 0 unspecified atom stereocenters. The van der Waals surface area contributed by atoms with Gasteiger partial charge in [-0.25, -0.2) is 0 Å². The zero-order chi connectivity index (χ0) is 17.0. The highest BCUT2D eigenvalue weighted by Gasteiger charge is 2.39. The summed E-state index contributed by atoms with van der Waals surface area (Å²) in [6.45, 7) is 11.7. The Kier molecular flexibility index (Phi) is 6.16. The van der Waals surface area contributed by atoms with E-state index < -0.39 is 8.07 Å². The standard InChI is InChI=1S/C21H30SSi/c1-16(2)14-23(15-17(3)4,19-10-7-6-8-11-19)21-13-9-12-20(22)18(21)5/h6-13,16-17,22H,14-15H2,1-5H3. The molecule has 0 heterocycles. The zero-order valence-corrected chi connectivity index (χ0v) is 17.0. The van der Waals surface area contributed by atoms with Crippen LogP contribution in [0.25, 0.3) is 0 Å². The zero-order valence-electron chi connectivity index (χ0n) is 15.1. The smallest absolute Gasteiger partial charge is 0.119 e. The van der Waals surface area contributed by atoms with Crippen LogP contribution in [0, 0.1) is 18.8 Å². The minimum absolute atomic E-state index is 0.698. The van der Waals surface area contributed by atoms with E-state index in [4.69, 9.17) is 12.6 Å². The Labute approximate surface area is 148 Å². The van der Waals surface area contributed by atoms with Crippen LogP contribution in [0.3, 0.4) is 0 Å². The highest BCUT2D eigenvalue weighted by molar-refractivity contribution is 7.80. The highest BCUT2D eigenvalue weighted by atomic mass is 32.1. The van der Waals surface area contributed by atoms with E-state index in [2.05, 4.69) is 83.1 Å². The molecule has 0 saturated heterocycles. The molecule has 0 atom stereocenters. The van der Waals surface area contributed by atoms with E-state index in [0.717, 1.165) is 4.90 Å². The van der Waals surface area contributed by atoms with Crippen molar-refractivity contribution in [2.75, 3.05) is 0 Å². The fourth-order valence-corrected chi connectivity index (χ4v) is 10.6. The molecule has 0 aliphatic heterocycles. The van der Waals surface area contributed by atoms with Gasteiger partial charge in [-0.15, -0.1) is 12.6 Å². The summed E-state index contributed by atoms with van der Waals surface area (Å²) in [5, 5.41) is 3.16. The van der Waals surface area contributed by atoms with Crippen LogP contribution in [0.4, 0.5) is 0 Å². The third-order valence-electron chi connectivity index (χ3n) is 4.66. The molecule has 2 aromatic rings. The van der Waals surface area contributed by atoms with Gasteiger partial charge in [0.15, 0.2) is 0 Å². The maximum absolute atomic E-state index is 4.72. The van der Waals surface area contributed by atoms with Crippen LogP contribution in [0.5, 0.6) is 0 Å². The summed E-state index contributed by atoms with van der Waals surface area (Å²) in [4.78, 5) is 1.13. The number of rotatable bonds is 6. The van der Waals surface area contributed by atoms with Gasteiger partial charge in [0, 0.05) is 4.90 Å². The number of hydrogen-bond acceptors (Lipinski definition) is 1. The quantitative estimate of drug-likeness (QED) is 0.544. The third-order valence-corrected chi connectivity index (χ3v) is 11.2. The summed E-state index contributed by atoms with van der Waals surface area (Å²) in [5.41, 5.74) is 1.38. The van der Waals surface area contributed by atoms with E-state index in [1.54, 1.807) is 10.4 Å². The largest absolute Gasteiger partial charge is 0.143 e. The van der Waals surface area contributed by atoms with Crippen molar-refractivity contribution < 1.29 is 0 Å². The van der Waals surface area contributed by atoms with E-state index in [-0.39, 0.29) is 0 Å². The van der Waals surface area contributed by atoms with Crippen molar-refractivity contribution in [1.29, 1.82) is 0 Å². The minimum atomic E-state index is -1.80. The van der Waals surface area contributed by atoms with Gasteiger partial charge in [0.05, 0.1) is 0 Å². The Morgan fingerprint density at radius 1 is 0.826 bits per heavy atom. The van der Waals surface area contributed by atoms with Gasteiger partial charge in [0.25, 0.3) is 0 Å². The van der Waals surface area contributed by atoms with E-state index >= 15 is 0 Å². The van der Waals surface area contributed by atoms with Gasteiger partial charge in [0.2, 0.25) is 0 Å². The molecule has 0 fully saturated rings. The summed E-state index contributed by atoms with van der Waals surface area (Å²) >= 11 is 4.72. The second-order valence-corrected chi connectivity index (χ2v) is 12.2. The summed E-state index contributed by atoms with van der Waals surface area (Å²) in [7, 11) is -1.80. The number of thiol groups is 1. The van der Waals surface area contributed by atoms with Gasteiger partial charge in [-0.3, -0.25) is 0 Å². The molecule has 0 bridgehead atoms. The predicted octanol–water partition coefficient (Wildman–Crippen LogP) is 5.16. The molecule has 124 valence electrons. The Hall–Kier alpha value is -0.993. The summed E-state index contributed by atoms with van der Waals surface area (Å²) in [5.74, 6) is 1.40. The average molecular weight is 343 g/mol. The van der Waals surface area contributed by atoms with Gasteiger partial charge in [-0.2, -0.15) is 0 Å². The second kappa shape index (κ2) is 7.72. The molecule has 2 aromatic carbocycles. The molecular weight excluding hydrogens is 312 g/mol. The lowest BCUT2D eigenvalue weighted by molar-refractivity contribution is 0.687. The van der Waals surface area contributed by atoms with Crippen molar-refractivity contribution in [3.05, 3.63) is 54.1 Å². The number of benzene rings is 2. The van der Waals surface area contributed by atoms with Crippen LogP contribution in [0.1, 0.15) is 33.3 Å². The van der Waals surface area contributed by atoms with E-state index in [1.807, 2.05) is 0 Å². The molecule has 0 radical (unpaired) electrons. The first-order valence-electron chi connectivity index (χ1n) is 8.71. The average Bonchev–Trinajstić information content (AvgIpc) is 2.49. The molecule has 0 nitrogen and oxygen atoms in total. The molecular formula is C21H30SSi. The first kappa shape index (κ1) is 18.3. The molecule has 23 heavy (non-hydrogen) atoms. The van der Waals surface area contributed by atoms with Crippen LogP contribution in [0.2, 0.25) is 12.1 Å². The molecule has 0 saturated carbocycles. The van der Waals surface area contributed by atoms with Gasteiger partial charge >= 0.3 is 0 Å². The topological polar surface area (TPSA) is 0 Å². The molecule has 2 heteroatoms. The van der Waals surface area contributed by atoms with Crippen LogP contribution in [0.15, 0.2) is 53.4 Å². The molecule has 0 spiro atoms. The van der Waals surface area contributed by atoms with E-state index in [0.29, 0.717) is 11.8 Å². The third kappa shape index (κ3) is 4.10. The van der Waals surface area contributed by atoms with Crippen LogP contribution in [-0.2, 0) is 0 Å². The normalized spacial score (nSPS) is 12.2. The van der Waals surface area contributed by atoms with E-state index in [9.17, 15) is 0 Å². The van der Waals surface area contributed by atoms with Gasteiger partial charge in [-0.05, 0) is 42.5 Å². The Balaban J connectivity index is 2.72. The van der Waals surface area contributed by atoms with Crippen LogP contribution >= 0.6 is 12.6 Å². The van der Waals surface area contributed by atoms with Crippen molar-refractivity contribution in [3.8, 4) is 0 Å². The lowest BCUT2D eigenvalue weighted by Gasteiger charge is -2.37. The van der Waals surface area contributed by atoms with Crippen molar-refractivity contribution in [2.24, 2.45) is 11.8 Å². The second-order valence-electron chi connectivity index (χ2n) is 7.59. The fourth-order valence-electron chi connectivity index (χ4n) is 3.99. The van der Waals surface area contributed by atoms with Crippen molar-refractivity contribution in [1.82, 2.24) is 0 Å². The lowest BCUT2D eigenvalue weighted by atomic mass is 10.2. The number of hydrogen-bond donors (Lipinski definition) is 1. The Morgan fingerprint density at radius 2 is 1.39 bits per heavy atom. The van der Waals surface area contributed by atoms with Gasteiger partial charge in [-0.1, -0.05) is 80.5 Å². The SMILES string of the molecule is Cc1c(S)cccc1[Si](CC(C)C)(CC(C)C)c1ccccc1. The fraction of sp³-hybridized carbons (Fsp3) is 0.429. The van der Waals surface area contributed by atoms with Crippen molar-refractivity contribution >= 4 is 31.1 Å². The van der Waals surface area contributed by atoms with Crippen molar-refractivity contribution in [2.45, 2.75) is 51.6 Å². The van der Waals surface area contributed by atoms with Crippen LogP contribution in [-0.4, -0.2) is 8.07 Å². The lowest BCUT2D eigenvalue weighted by Crippen LogP contribution is -2.60. The van der Waals surface area contributed by atoms with Gasteiger partial charge in [0.1, 0.15) is 8.07 Å². The van der Waals surface area contributed by atoms with E-state index in [1.165, 1.54) is 17.7 Å². The maximum Gasteiger partial charge on any atom is 0.119 e. The summed E-state index contributed by atoms with van der Waals surface area (Å²) in [6.07, 6.45) is 0. The molecule has 0 N–H and O–H groups in total. The highest BCUT2D eigenvalue weighted by Crippen LogP contribution is 2.28. The van der Waals surface area contributed by atoms with Crippen molar-refractivity contribution in [3.63, 3.8) is 0 Å². The monoisotopic (exact) mass is 342 g/mol. The first-order chi connectivity index (χ1) is 10.9. The Bertz CT molecular complexity index is 622. The summed E-state index contributed by atoms with van der Waals surface area (Å²) < 4.78 is 0. The Morgan fingerprint density at radius 3 is 1.91 bits per heavy atom. The molecule has 0 aromatic heterocycles. The molecule has 0 amide bonds. The minimum Gasteiger partial charge on any atom is -0.143 e. The van der Waals surface area contributed by atoms with Gasteiger partial charge < -0.3 is 0 Å². The first-order valence-corrected chi connectivity index (χ1v) is 11.6.